The van der Waals surface area contributed by atoms with Crippen LogP contribution in [0, 0.1) is 11.3 Å². The molecule has 8 aromatic rings. The standard InChI is InChI=1S/C46H38F3N3/c1-44(2,3)29-19-22-39-33(25-29)31-12-7-9-15-37(31)51(39)41-21-18-28(27-50)24-35(41)43-36(46(47,48)49)14-11-17-42(43)52-38-16-10-8-13-32(38)34-26-30(45(4,5)6)20-23-40(34)52/h7-26H,1-6H3. The normalized spacial score (nSPS) is 12.7. The van der Waals surface area contributed by atoms with Gasteiger partial charge in [-0.05, 0) is 88.7 Å². The summed E-state index contributed by atoms with van der Waals surface area (Å²) < 4.78 is 50.2. The fourth-order valence-electron chi connectivity index (χ4n) is 7.64. The maximum atomic E-state index is 15.4. The molecule has 0 fully saturated rings. The Morgan fingerprint density at radius 1 is 0.500 bits per heavy atom. The molecule has 8 rings (SSSR count). The van der Waals surface area contributed by atoms with E-state index in [1.165, 1.54) is 6.07 Å². The molecule has 2 aromatic heterocycles. The third kappa shape index (κ3) is 5.26. The van der Waals surface area contributed by atoms with Crippen LogP contribution in [0.4, 0.5) is 13.2 Å². The van der Waals surface area contributed by atoms with Crippen LogP contribution in [0.25, 0.3) is 66.1 Å². The Morgan fingerprint density at radius 2 is 1.00 bits per heavy atom. The zero-order chi connectivity index (χ0) is 36.7. The molecule has 0 spiro atoms. The van der Waals surface area contributed by atoms with E-state index in [9.17, 15) is 5.26 Å². The first kappa shape index (κ1) is 33.3. The van der Waals surface area contributed by atoms with Crippen molar-refractivity contribution in [3.8, 4) is 28.6 Å². The highest BCUT2D eigenvalue weighted by atomic mass is 19.4. The largest absolute Gasteiger partial charge is 0.417 e. The Balaban J connectivity index is 1.52. The number of aromatic nitrogens is 2. The number of benzene rings is 6. The summed E-state index contributed by atoms with van der Waals surface area (Å²) in [6.45, 7) is 13.0. The number of halogens is 3. The fourth-order valence-corrected chi connectivity index (χ4v) is 7.64. The number of rotatable bonds is 3. The van der Waals surface area contributed by atoms with Gasteiger partial charge in [0.2, 0.25) is 0 Å². The van der Waals surface area contributed by atoms with E-state index in [0.717, 1.165) is 60.8 Å². The molecule has 0 unspecified atom stereocenters. The minimum atomic E-state index is -4.69. The number of nitrogens with zero attached hydrogens (tertiary/aromatic N) is 3. The number of hydrogen-bond donors (Lipinski definition) is 0. The number of para-hydroxylation sites is 2. The number of alkyl halides is 3. The van der Waals surface area contributed by atoms with Crippen molar-refractivity contribution in [2.75, 3.05) is 0 Å². The highest BCUT2D eigenvalue weighted by molar-refractivity contribution is 6.12. The van der Waals surface area contributed by atoms with Gasteiger partial charge >= 0.3 is 6.18 Å². The van der Waals surface area contributed by atoms with Crippen LogP contribution in [0.2, 0.25) is 0 Å². The molecule has 0 aliphatic heterocycles. The first-order valence-corrected chi connectivity index (χ1v) is 17.5. The number of fused-ring (bicyclic) bond motifs is 6. The third-order valence-electron chi connectivity index (χ3n) is 10.3. The predicted octanol–water partition coefficient (Wildman–Crippen LogP) is 13.0. The first-order valence-electron chi connectivity index (χ1n) is 17.5. The van der Waals surface area contributed by atoms with Crippen molar-refractivity contribution in [1.29, 1.82) is 5.26 Å². The molecule has 0 amide bonds. The Kier molecular flexibility index (Phi) is 7.45. The topological polar surface area (TPSA) is 33.6 Å². The third-order valence-corrected chi connectivity index (χ3v) is 10.3. The molecule has 6 aromatic carbocycles. The van der Waals surface area contributed by atoms with E-state index in [4.69, 9.17) is 0 Å². The summed E-state index contributed by atoms with van der Waals surface area (Å²) in [6, 6.07) is 40.1. The Bertz CT molecular complexity index is 2760. The molecule has 0 aliphatic carbocycles. The van der Waals surface area contributed by atoms with E-state index in [1.807, 2.05) is 57.7 Å². The summed E-state index contributed by atoms with van der Waals surface area (Å²) >= 11 is 0. The molecule has 0 atom stereocenters. The molecule has 52 heavy (non-hydrogen) atoms. The minimum absolute atomic E-state index is 0.0156. The van der Waals surface area contributed by atoms with E-state index < -0.39 is 11.7 Å². The molecule has 0 saturated heterocycles. The molecule has 0 bridgehead atoms. The lowest BCUT2D eigenvalue weighted by Gasteiger charge is -2.23. The van der Waals surface area contributed by atoms with Crippen molar-refractivity contribution in [3.05, 3.63) is 144 Å². The summed E-state index contributed by atoms with van der Waals surface area (Å²) in [6.07, 6.45) is -4.69. The van der Waals surface area contributed by atoms with Gasteiger partial charge < -0.3 is 9.13 Å². The van der Waals surface area contributed by atoms with Crippen LogP contribution in [0.1, 0.15) is 63.8 Å². The van der Waals surface area contributed by atoms with Gasteiger partial charge in [0.05, 0.1) is 50.6 Å². The van der Waals surface area contributed by atoms with Crippen LogP contribution < -0.4 is 0 Å². The minimum Gasteiger partial charge on any atom is -0.309 e. The summed E-state index contributed by atoms with van der Waals surface area (Å²) in [5.74, 6) is 0. The predicted molar refractivity (Wildman–Crippen MR) is 208 cm³/mol. The maximum absolute atomic E-state index is 15.4. The average Bonchev–Trinajstić information content (AvgIpc) is 3.62. The van der Waals surface area contributed by atoms with E-state index in [2.05, 4.69) is 84.0 Å². The van der Waals surface area contributed by atoms with Crippen LogP contribution in [-0.2, 0) is 17.0 Å². The second kappa shape index (κ2) is 11.6. The SMILES string of the molecule is CC(C)(C)c1ccc2c(c1)c1ccccc1n2-c1ccc(C#N)cc1-c1c(-n2c3ccccc3c3cc(C(C)(C)C)ccc32)cccc1C(F)(F)F. The van der Waals surface area contributed by atoms with E-state index in [1.54, 1.807) is 24.3 Å². The zero-order valence-electron chi connectivity index (χ0n) is 30.0. The lowest BCUT2D eigenvalue weighted by Crippen LogP contribution is -2.12. The van der Waals surface area contributed by atoms with Crippen LogP contribution >= 0.6 is 0 Å². The van der Waals surface area contributed by atoms with Gasteiger partial charge in [0.25, 0.3) is 0 Å². The lowest BCUT2D eigenvalue weighted by atomic mass is 9.86. The van der Waals surface area contributed by atoms with Gasteiger partial charge in [0, 0.05) is 32.7 Å². The van der Waals surface area contributed by atoms with E-state index >= 15 is 13.2 Å². The molecular weight excluding hydrogens is 652 g/mol. The number of nitriles is 1. The zero-order valence-corrected chi connectivity index (χ0v) is 30.0. The van der Waals surface area contributed by atoms with Gasteiger partial charge in [0.1, 0.15) is 0 Å². The summed E-state index contributed by atoms with van der Waals surface area (Å²) in [5, 5.41) is 14.1. The number of hydrogen-bond acceptors (Lipinski definition) is 1. The molecular formula is C46H38F3N3. The molecule has 3 nitrogen and oxygen atoms in total. The van der Waals surface area contributed by atoms with Crippen LogP contribution in [-0.4, -0.2) is 9.13 Å². The maximum Gasteiger partial charge on any atom is 0.417 e. The van der Waals surface area contributed by atoms with Gasteiger partial charge in [-0.2, -0.15) is 18.4 Å². The van der Waals surface area contributed by atoms with E-state index in [0.29, 0.717) is 16.9 Å². The Hall–Kier alpha value is -5.80. The monoisotopic (exact) mass is 689 g/mol. The molecule has 0 N–H and O–H groups in total. The fraction of sp³-hybridized carbons (Fsp3) is 0.196. The van der Waals surface area contributed by atoms with Gasteiger partial charge in [-0.15, -0.1) is 0 Å². The second-order valence-corrected chi connectivity index (χ2v) is 15.7. The van der Waals surface area contributed by atoms with Gasteiger partial charge in [0.15, 0.2) is 0 Å². The van der Waals surface area contributed by atoms with Gasteiger partial charge in [-0.1, -0.05) is 96.1 Å². The molecule has 258 valence electrons. The molecule has 0 aliphatic rings. The first-order chi connectivity index (χ1) is 24.7. The molecule has 6 heteroatoms. The van der Waals surface area contributed by atoms with Gasteiger partial charge in [-0.25, -0.2) is 0 Å². The van der Waals surface area contributed by atoms with Crippen molar-refractivity contribution < 1.29 is 13.2 Å². The second-order valence-electron chi connectivity index (χ2n) is 15.7. The Labute approximate surface area is 301 Å². The van der Waals surface area contributed by atoms with E-state index in [-0.39, 0.29) is 22.0 Å². The molecule has 0 radical (unpaired) electrons. The smallest absolute Gasteiger partial charge is 0.309 e. The van der Waals surface area contributed by atoms with Crippen molar-refractivity contribution in [3.63, 3.8) is 0 Å². The lowest BCUT2D eigenvalue weighted by molar-refractivity contribution is -0.137. The Morgan fingerprint density at radius 3 is 1.50 bits per heavy atom. The van der Waals surface area contributed by atoms with Crippen molar-refractivity contribution in [2.24, 2.45) is 0 Å². The van der Waals surface area contributed by atoms with Crippen LogP contribution in [0.5, 0.6) is 0 Å². The molecule has 0 saturated carbocycles. The quantitative estimate of drug-likeness (QED) is 0.182. The highest BCUT2D eigenvalue weighted by Gasteiger charge is 2.36. The van der Waals surface area contributed by atoms with Crippen molar-refractivity contribution in [1.82, 2.24) is 9.13 Å². The average molecular weight is 690 g/mol. The van der Waals surface area contributed by atoms with Crippen molar-refractivity contribution in [2.45, 2.75) is 58.5 Å². The molecule has 2 heterocycles. The van der Waals surface area contributed by atoms with Crippen LogP contribution in [0.3, 0.4) is 0 Å². The van der Waals surface area contributed by atoms with Gasteiger partial charge in [-0.3, -0.25) is 0 Å². The summed E-state index contributed by atoms with van der Waals surface area (Å²) in [4.78, 5) is 0. The highest BCUT2D eigenvalue weighted by Crippen LogP contribution is 2.47. The van der Waals surface area contributed by atoms with Crippen LogP contribution in [0.15, 0.2) is 121 Å². The van der Waals surface area contributed by atoms with Crippen molar-refractivity contribution >= 4 is 43.6 Å². The summed E-state index contributed by atoms with van der Waals surface area (Å²) in [7, 11) is 0. The summed E-state index contributed by atoms with van der Waals surface area (Å²) in [5.41, 5.74) is 6.20.